The van der Waals surface area contributed by atoms with Gasteiger partial charge in [-0.05, 0) is 104 Å². The maximum atomic E-state index is 6.39. The second-order valence-corrected chi connectivity index (χ2v) is 13.8. The Bertz CT molecular complexity index is 2900. The van der Waals surface area contributed by atoms with Gasteiger partial charge in [0.2, 0.25) is 0 Å². The molecule has 0 aliphatic carbocycles. The summed E-state index contributed by atoms with van der Waals surface area (Å²) in [4.78, 5) is 2.33. The van der Waals surface area contributed by atoms with Crippen LogP contribution in [0.3, 0.4) is 0 Å². The van der Waals surface area contributed by atoms with E-state index in [-0.39, 0.29) is 0 Å². The molecule has 0 saturated carbocycles. The summed E-state index contributed by atoms with van der Waals surface area (Å²) in [5.74, 6) is 0. The monoisotopic (exact) mass is 689 g/mol. The third kappa shape index (κ3) is 5.81. The van der Waals surface area contributed by atoms with E-state index in [0.29, 0.717) is 0 Å². The molecule has 0 unspecified atom stereocenters. The fourth-order valence-electron chi connectivity index (χ4n) is 7.70. The van der Waals surface area contributed by atoms with Gasteiger partial charge >= 0.3 is 0 Å². The van der Waals surface area contributed by atoms with Gasteiger partial charge < -0.3 is 9.32 Å². The number of nitrogens with zero attached hydrogens (tertiary/aromatic N) is 1. The lowest BCUT2D eigenvalue weighted by Crippen LogP contribution is -2.09. The van der Waals surface area contributed by atoms with E-state index in [9.17, 15) is 0 Å². The number of hydrogen-bond acceptors (Lipinski definition) is 2. The Labute approximate surface area is 314 Å². The molecule has 9 aromatic carbocycles. The molecule has 0 aliphatic heterocycles. The number of fused-ring (bicyclic) bond motifs is 4. The highest BCUT2D eigenvalue weighted by atomic mass is 16.3. The van der Waals surface area contributed by atoms with Gasteiger partial charge in [-0.25, -0.2) is 0 Å². The van der Waals surface area contributed by atoms with Crippen LogP contribution in [0.15, 0.2) is 217 Å². The van der Waals surface area contributed by atoms with Crippen molar-refractivity contribution in [1.82, 2.24) is 0 Å². The molecule has 10 rings (SSSR count). The number of para-hydroxylation sites is 2. The average Bonchev–Trinajstić information content (AvgIpc) is 3.64. The van der Waals surface area contributed by atoms with E-state index in [2.05, 4.69) is 205 Å². The van der Waals surface area contributed by atoms with Crippen LogP contribution in [-0.4, -0.2) is 0 Å². The number of furan rings is 1. The first-order chi connectivity index (χ1) is 26.7. The van der Waals surface area contributed by atoms with Crippen molar-refractivity contribution in [2.75, 3.05) is 4.90 Å². The second-order valence-electron chi connectivity index (χ2n) is 13.8. The molecule has 0 radical (unpaired) electrons. The lowest BCUT2D eigenvalue weighted by atomic mass is 9.97. The van der Waals surface area contributed by atoms with Crippen LogP contribution in [0, 0.1) is 0 Å². The number of benzene rings is 9. The van der Waals surface area contributed by atoms with Crippen LogP contribution in [0.2, 0.25) is 0 Å². The zero-order valence-electron chi connectivity index (χ0n) is 29.6. The van der Waals surface area contributed by atoms with Crippen molar-refractivity contribution >= 4 is 49.8 Å². The van der Waals surface area contributed by atoms with Gasteiger partial charge in [-0.2, -0.15) is 0 Å². The van der Waals surface area contributed by atoms with Crippen molar-refractivity contribution in [2.45, 2.75) is 0 Å². The Balaban J connectivity index is 1.01. The molecule has 2 nitrogen and oxygen atoms in total. The molecule has 10 aromatic rings. The number of anilines is 3. The molecular formula is C52H35NO. The minimum Gasteiger partial charge on any atom is -0.455 e. The predicted octanol–water partition coefficient (Wildman–Crippen LogP) is 14.9. The summed E-state index contributed by atoms with van der Waals surface area (Å²) in [5.41, 5.74) is 14.5. The van der Waals surface area contributed by atoms with E-state index in [0.717, 1.165) is 61.3 Å². The second kappa shape index (κ2) is 13.4. The standard InChI is InChI=1S/C52H35NO/c1-2-10-36(11-3-1)38-22-28-45(29-23-38)53(47-32-26-40(27-33-47)43-21-20-37-12-4-5-13-41(37)34-43)46-30-24-39(25-31-46)42-14-8-15-44(35-42)48-17-9-18-50-49-16-6-7-19-51(49)54-52(48)50/h1-35H. The topological polar surface area (TPSA) is 16.4 Å². The zero-order chi connectivity index (χ0) is 35.8. The Morgan fingerprint density at radius 1 is 0.296 bits per heavy atom. The lowest BCUT2D eigenvalue weighted by molar-refractivity contribution is 0.670. The van der Waals surface area contributed by atoms with Gasteiger partial charge in [0, 0.05) is 33.4 Å². The highest BCUT2D eigenvalue weighted by Gasteiger charge is 2.15. The van der Waals surface area contributed by atoms with Gasteiger partial charge in [0.15, 0.2) is 0 Å². The van der Waals surface area contributed by atoms with E-state index < -0.39 is 0 Å². The molecular weight excluding hydrogens is 655 g/mol. The Morgan fingerprint density at radius 2 is 0.778 bits per heavy atom. The molecule has 0 amide bonds. The van der Waals surface area contributed by atoms with Gasteiger partial charge in [-0.3, -0.25) is 0 Å². The molecule has 254 valence electrons. The first-order valence-corrected chi connectivity index (χ1v) is 18.4. The molecule has 2 heteroatoms. The van der Waals surface area contributed by atoms with Crippen LogP contribution in [0.5, 0.6) is 0 Å². The van der Waals surface area contributed by atoms with Crippen molar-refractivity contribution in [3.05, 3.63) is 212 Å². The molecule has 0 N–H and O–H groups in total. The predicted molar refractivity (Wildman–Crippen MR) is 228 cm³/mol. The summed E-state index contributed by atoms with van der Waals surface area (Å²) in [5, 5.41) is 4.78. The van der Waals surface area contributed by atoms with Gasteiger partial charge in [0.05, 0.1) is 0 Å². The first-order valence-electron chi connectivity index (χ1n) is 18.4. The van der Waals surface area contributed by atoms with Gasteiger partial charge in [-0.1, -0.05) is 158 Å². The number of rotatable bonds is 7. The fraction of sp³-hybridized carbons (Fsp3) is 0. The van der Waals surface area contributed by atoms with E-state index in [1.807, 2.05) is 12.1 Å². The summed E-state index contributed by atoms with van der Waals surface area (Å²) in [6.45, 7) is 0. The van der Waals surface area contributed by atoms with E-state index in [1.165, 1.54) is 33.0 Å². The highest BCUT2D eigenvalue weighted by Crippen LogP contribution is 2.40. The third-order valence-corrected chi connectivity index (χ3v) is 10.5. The normalized spacial score (nSPS) is 11.3. The molecule has 0 atom stereocenters. The van der Waals surface area contributed by atoms with Gasteiger partial charge in [-0.15, -0.1) is 0 Å². The largest absolute Gasteiger partial charge is 0.455 e. The first kappa shape index (κ1) is 31.6. The molecule has 54 heavy (non-hydrogen) atoms. The Morgan fingerprint density at radius 3 is 1.48 bits per heavy atom. The highest BCUT2D eigenvalue weighted by molar-refractivity contribution is 6.09. The molecule has 1 aromatic heterocycles. The van der Waals surface area contributed by atoms with Crippen LogP contribution in [0.25, 0.3) is 77.2 Å². The van der Waals surface area contributed by atoms with E-state index >= 15 is 0 Å². The van der Waals surface area contributed by atoms with Gasteiger partial charge in [0.25, 0.3) is 0 Å². The molecule has 0 spiro atoms. The van der Waals surface area contributed by atoms with E-state index in [4.69, 9.17) is 4.42 Å². The molecule has 0 bridgehead atoms. The van der Waals surface area contributed by atoms with Crippen LogP contribution in [-0.2, 0) is 0 Å². The SMILES string of the molecule is c1ccc(-c2ccc(N(c3ccc(-c4cccc(-c5cccc6c5oc5ccccc56)c4)cc3)c3ccc(-c4ccc5ccccc5c4)cc3)cc2)cc1. The summed E-state index contributed by atoms with van der Waals surface area (Å²) in [7, 11) is 0. The minimum absolute atomic E-state index is 0.911. The lowest BCUT2D eigenvalue weighted by Gasteiger charge is -2.26. The number of hydrogen-bond donors (Lipinski definition) is 0. The van der Waals surface area contributed by atoms with Crippen molar-refractivity contribution < 1.29 is 4.42 Å². The molecule has 1 heterocycles. The minimum atomic E-state index is 0.911. The Kier molecular flexibility index (Phi) is 7.85. The van der Waals surface area contributed by atoms with Crippen LogP contribution in [0.1, 0.15) is 0 Å². The van der Waals surface area contributed by atoms with Crippen LogP contribution < -0.4 is 4.90 Å². The summed E-state index contributed by atoms with van der Waals surface area (Å²) < 4.78 is 6.39. The average molecular weight is 690 g/mol. The van der Waals surface area contributed by atoms with Crippen molar-refractivity contribution in [1.29, 1.82) is 0 Å². The molecule has 0 aliphatic rings. The maximum absolute atomic E-state index is 6.39. The van der Waals surface area contributed by atoms with E-state index in [1.54, 1.807) is 0 Å². The quantitative estimate of drug-likeness (QED) is 0.166. The third-order valence-electron chi connectivity index (χ3n) is 10.5. The molecule has 0 saturated heterocycles. The summed E-state index contributed by atoms with van der Waals surface area (Å²) >= 11 is 0. The van der Waals surface area contributed by atoms with Gasteiger partial charge in [0.1, 0.15) is 11.2 Å². The van der Waals surface area contributed by atoms with Crippen LogP contribution in [0.4, 0.5) is 17.1 Å². The van der Waals surface area contributed by atoms with Crippen LogP contribution >= 0.6 is 0 Å². The van der Waals surface area contributed by atoms with Crippen molar-refractivity contribution in [3.63, 3.8) is 0 Å². The van der Waals surface area contributed by atoms with Crippen molar-refractivity contribution in [2.24, 2.45) is 0 Å². The maximum Gasteiger partial charge on any atom is 0.143 e. The fourth-order valence-corrected chi connectivity index (χ4v) is 7.70. The molecule has 0 fully saturated rings. The zero-order valence-corrected chi connectivity index (χ0v) is 29.6. The Hall–Kier alpha value is -7.16. The summed E-state index contributed by atoms with van der Waals surface area (Å²) in [6.07, 6.45) is 0. The smallest absolute Gasteiger partial charge is 0.143 e. The van der Waals surface area contributed by atoms with Crippen molar-refractivity contribution in [3.8, 4) is 44.5 Å². The summed E-state index contributed by atoms with van der Waals surface area (Å²) in [6, 6.07) is 75.9.